The van der Waals surface area contributed by atoms with Crippen LogP contribution in [0.5, 0.6) is 5.75 Å². The van der Waals surface area contributed by atoms with Gasteiger partial charge < -0.3 is 14.8 Å². The number of nitro groups is 1. The van der Waals surface area contributed by atoms with Crippen molar-refractivity contribution in [3.05, 3.63) is 28.3 Å². The molecule has 0 saturated carbocycles. The predicted molar refractivity (Wildman–Crippen MR) is 64.6 cm³/mol. The lowest BCUT2D eigenvalue weighted by Crippen LogP contribution is -2.18. The topological polar surface area (TPSA) is 73.6 Å². The number of hydrogen-bond donors (Lipinski definition) is 1. The molecule has 1 N–H and O–H groups in total. The maximum Gasteiger partial charge on any atom is 0.296 e. The number of nitrogens with one attached hydrogen (secondary N) is 1. The zero-order chi connectivity index (χ0) is 12.8. The van der Waals surface area contributed by atoms with Crippen LogP contribution >= 0.6 is 0 Å². The monoisotopic (exact) mass is 240 g/mol. The van der Waals surface area contributed by atoms with E-state index < -0.39 is 4.92 Å². The Morgan fingerprint density at radius 3 is 2.71 bits per heavy atom. The fraction of sp³-hybridized carbons (Fsp3) is 0.455. The van der Waals surface area contributed by atoms with Crippen molar-refractivity contribution in [2.24, 2.45) is 0 Å². The zero-order valence-corrected chi connectivity index (χ0v) is 10.1. The Kier molecular flexibility index (Phi) is 4.71. The highest BCUT2D eigenvalue weighted by atomic mass is 16.6. The third-order valence-corrected chi connectivity index (χ3v) is 2.38. The van der Waals surface area contributed by atoms with Crippen molar-refractivity contribution in [1.29, 1.82) is 0 Å². The van der Waals surface area contributed by atoms with Crippen LogP contribution in [0.3, 0.4) is 0 Å². The minimum atomic E-state index is -0.442. The van der Waals surface area contributed by atoms with Gasteiger partial charge in [-0.05, 0) is 19.1 Å². The number of nitrogens with zero attached hydrogens (tertiary/aromatic N) is 1. The van der Waals surface area contributed by atoms with Crippen molar-refractivity contribution in [2.45, 2.75) is 13.0 Å². The van der Waals surface area contributed by atoms with E-state index >= 15 is 0 Å². The van der Waals surface area contributed by atoms with Gasteiger partial charge in [0.15, 0.2) is 0 Å². The Labute approximate surface area is 99.7 Å². The summed E-state index contributed by atoms with van der Waals surface area (Å²) in [4.78, 5) is 10.4. The first kappa shape index (κ1) is 13.2. The highest BCUT2D eigenvalue weighted by Gasteiger charge is 2.15. The van der Waals surface area contributed by atoms with Crippen LogP contribution in [0.2, 0.25) is 0 Å². The standard InChI is InChI=1S/C11H16N2O4/c1-8(16-2)7-12-10-5-4-9(17-3)6-11(10)13(14)15/h4-6,8,12H,7H2,1-3H3. The molecule has 94 valence electrons. The summed E-state index contributed by atoms with van der Waals surface area (Å²) in [5, 5.41) is 13.9. The molecule has 1 unspecified atom stereocenters. The number of ether oxygens (including phenoxy) is 2. The Bertz CT molecular complexity index is 395. The average Bonchev–Trinajstić information content (AvgIpc) is 2.35. The van der Waals surface area contributed by atoms with E-state index in [0.29, 0.717) is 18.0 Å². The molecule has 1 atom stereocenters. The number of benzene rings is 1. The highest BCUT2D eigenvalue weighted by molar-refractivity contribution is 5.63. The molecule has 0 aliphatic rings. The first-order chi connectivity index (χ1) is 8.08. The van der Waals surface area contributed by atoms with E-state index in [9.17, 15) is 10.1 Å². The maximum absolute atomic E-state index is 10.9. The SMILES string of the molecule is COc1ccc(NCC(C)OC)c([N+](=O)[O-])c1. The van der Waals surface area contributed by atoms with E-state index in [0.717, 1.165) is 0 Å². The number of nitro benzene ring substituents is 1. The smallest absolute Gasteiger partial charge is 0.296 e. The van der Waals surface area contributed by atoms with Crippen molar-refractivity contribution >= 4 is 11.4 Å². The van der Waals surface area contributed by atoms with Crippen LogP contribution in [0.1, 0.15) is 6.92 Å². The average molecular weight is 240 g/mol. The predicted octanol–water partition coefficient (Wildman–Crippen LogP) is 2.05. The fourth-order valence-electron chi connectivity index (χ4n) is 1.28. The van der Waals surface area contributed by atoms with E-state index in [4.69, 9.17) is 9.47 Å². The van der Waals surface area contributed by atoms with Gasteiger partial charge in [-0.15, -0.1) is 0 Å². The Balaban J connectivity index is 2.87. The second-order valence-corrected chi connectivity index (χ2v) is 3.57. The molecule has 6 nitrogen and oxygen atoms in total. The van der Waals surface area contributed by atoms with Crippen molar-refractivity contribution in [3.8, 4) is 5.75 Å². The van der Waals surface area contributed by atoms with Crippen LogP contribution in [0.15, 0.2) is 18.2 Å². The lowest BCUT2D eigenvalue weighted by molar-refractivity contribution is -0.384. The Hall–Kier alpha value is -1.82. The Morgan fingerprint density at radius 2 is 2.18 bits per heavy atom. The number of anilines is 1. The molecule has 0 bridgehead atoms. The summed E-state index contributed by atoms with van der Waals surface area (Å²) in [6, 6.07) is 4.69. The second-order valence-electron chi connectivity index (χ2n) is 3.57. The summed E-state index contributed by atoms with van der Waals surface area (Å²) in [6.07, 6.45) is -0.0169. The van der Waals surface area contributed by atoms with E-state index in [1.165, 1.54) is 13.2 Å². The molecule has 0 aliphatic heterocycles. The third kappa shape index (κ3) is 3.60. The summed E-state index contributed by atoms with van der Waals surface area (Å²) in [7, 11) is 3.06. The first-order valence-electron chi connectivity index (χ1n) is 5.17. The van der Waals surface area contributed by atoms with Crippen LogP contribution in [0.4, 0.5) is 11.4 Å². The number of methoxy groups -OCH3 is 2. The molecule has 1 aromatic rings. The molecule has 0 fully saturated rings. The van der Waals surface area contributed by atoms with Crippen LogP contribution < -0.4 is 10.1 Å². The Morgan fingerprint density at radius 1 is 1.47 bits per heavy atom. The van der Waals surface area contributed by atoms with Gasteiger partial charge in [0.25, 0.3) is 5.69 Å². The molecular weight excluding hydrogens is 224 g/mol. The van der Waals surface area contributed by atoms with E-state index in [1.54, 1.807) is 19.2 Å². The minimum absolute atomic E-state index is 0.00680. The molecule has 0 radical (unpaired) electrons. The van der Waals surface area contributed by atoms with E-state index in [-0.39, 0.29) is 11.8 Å². The van der Waals surface area contributed by atoms with Crippen molar-refractivity contribution in [1.82, 2.24) is 0 Å². The molecule has 0 amide bonds. The summed E-state index contributed by atoms with van der Waals surface area (Å²) in [6.45, 7) is 2.38. The van der Waals surface area contributed by atoms with Crippen LogP contribution in [0.25, 0.3) is 0 Å². The second kappa shape index (κ2) is 6.05. The maximum atomic E-state index is 10.9. The number of rotatable bonds is 6. The molecule has 0 heterocycles. The van der Waals surface area contributed by atoms with Gasteiger partial charge in [0.2, 0.25) is 0 Å². The van der Waals surface area contributed by atoms with Gasteiger partial charge in [-0.1, -0.05) is 0 Å². The molecule has 17 heavy (non-hydrogen) atoms. The van der Waals surface area contributed by atoms with Gasteiger partial charge in [0, 0.05) is 13.7 Å². The minimum Gasteiger partial charge on any atom is -0.496 e. The van der Waals surface area contributed by atoms with E-state index in [2.05, 4.69) is 5.32 Å². The molecule has 0 saturated heterocycles. The fourth-order valence-corrected chi connectivity index (χ4v) is 1.28. The van der Waals surface area contributed by atoms with Crippen molar-refractivity contribution in [3.63, 3.8) is 0 Å². The molecule has 0 aromatic heterocycles. The van der Waals surface area contributed by atoms with Gasteiger partial charge >= 0.3 is 0 Å². The third-order valence-electron chi connectivity index (χ3n) is 2.38. The molecular formula is C11H16N2O4. The van der Waals surface area contributed by atoms with Gasteiger partial charge in [-0.25, -0.2) is 0 Å². The van der Waals surface area contributed by atoms with Gasteiger partial charge in [0.1, 0.15) is 11.4 Å². The summed E-state index contributed by atoms with van der Waals surface area (Å²) in [5.41, 5.74) is 0.451. The lowest BCUT2D eigenvalue weighted by Gasteiger charge is -2.12. The van der Waals surface area contributed by atoms with Gasteiger partial charge in [0.05, 0.1) is 24.2 Å². The largest absolute Gasteiger partial charge is 0.496 e. The zero-order valence-electron chi connectivity index (χ0n) is 10.1. The summed E-state index contributed by atoms with van der Waals surface area (Å²) in [5.74, 6) is 0.460. The number of hydrogen-bond acceptors (Lipinski definition) is 5. The molecule has 1 aromatic carbocycles. The van der Waals surface area contributed by atoms with Crippen molar-refractivity contribution < 1.29 is 14.4 Å². The quantitative estimate of drug-likeness (QED) is 0.608. The normalized spacial score (nSPS) is 11.9. The van der Waals surface area contributed by atoms with Crippen LogP contribution in [-0.2, 0) is 4.74 Å². The van der Waals surface area contributed by atoms with Crippen LogP contribution in [-0.4, -0.2) is 31.8 Å². The molecule has 1 rings (SSSR count). The van der Waals surface area contributed by atoms with E-state index in [1.807, 2.05) is 6.92 Å². The van der Waals surface area contributed by atoms with Crippen molar-refractivity contribution in [2.75, 3.05) is 26.1 Å². The highest BCUT2D eigenvalue weighted by Crippen LogP contribution is 2.28. The molecule has 6 heteroatoms. The molecule has 0 spiro atoms. The first-order valence-corrected chi connectivity index (χ1v) is 5.17. The van der Waals surface area contributed by atoms with Gasteiger partial charge in [-0.3, -0.25) is 10.1 Å². The van der Waals surface area contributed by atoms with Crippen LogP contribution in [0, 0.1) is 10.1 Å². The molecule has 0 aliphatic carbocycles. The summed E-state index contributed by atoms with van der Waals surface area (Å²) < 4.78 is 10.0. The summed E-state index contributed by atoms with van der Waals surface area (Å²) >= 11 is 0. The lowest BCUT2D eigenvalue weighted by atomic mass is 10.2. The van der Waals surface area contributed by atoms with Gasteiger partial charge in [-0.2, -0.15) is 0 Å².